The summed E-state index contributed by atoms with van der Waals surface area (Å²) >= 11 is 0. The molecule has 1 saturated heterocycles. The number of likely N-dealkylation sites (N-methyl/N-ethyl adjacent to an activating group) is 1. The predicted molar refractivity (Wildman–Crippen MR) is 72.1 cm³/mol. The molecule has 0 saturated carbocycles. The van der Waals surface area contributed by atoms with Gasteiger partial charge in [0.05, 0.1) is 5.56 Å². The Balaban J connectivity index is 2.08. The maximum Gasteiger partial charge on any atom is 0.335 e. The van der Waals surface area contributed by atoms with Gasteiger partial charge in [-0.1, -0.05) is 6.92 Å². The lowest BCUT2D eigenvalue weighted by Gasteiger charge is -2.23. The molecule has 0 spiro atoms. The molecule has 0 amide bonds. The molecule has 110 valence electrons. The molecule has 2 rings (SSSR count). The van der Waals surface area contributed by atoms with Crippen molar-refractivity contribution >= 4 is 11.7 Å². The van der Waals surface area contributed by atoms with E-state index in [1.165, 1.54) is 0 Å². The van der Waals surface area contributed by atoms with Gasteiger partial charge in [0.15, 0.2) is 0 Å². The Bertz CT molecular complexity index is 485. The van der Waals surface area contributed by atoms with Crippen LogP contribution >= 0.6 is 0 Å². The largest absolute Gasteiger partial charge is 0.478 e. The molecule has 6 heteroatoms. The summed E-state index contributed by atoms with van der Waals surface area (Å²) in [7, 11) is 0. The highest BCUT2D eigenvalue weighted by atomic mass is 19.1. The van der Waals surface area contributed by atoms with Crippen LogP contribution in [0.3, 0.4) is 0 Å². The maximum atomic E-state index is 13.7. The smallest absolute Gasteiger partial charge is 0.335 e. The SMILES string of the molecule is CCN1CCCC1CNc1c(F)cc(C(=O)O)cc1F. The van der Waals surface area contributed by atoms with Gasteiger partial charge in [0.2, 0.25) is 0 Å². The molecule has 1 aromatic carbocycles. The van der Waals surface area contributed by atoms with Crippen LogP contribution in [0.4, 0.5) is 14.5 Å². The number of benzene rings is 1. The van der Waals surface area contributed by atoms with Crippen molar-refractivity contribution in [2.45, 2.75) is 25.8 Å². The van der Waals surface area contributed by atoms with Crippen molar-refractivity contribution in [3.63, 3.8) is 0 Å². The zero-order chi connectivity index (χ0) is 14.7. The normalized spacial score (nSPS) is 19.2. The van der Waals surface area contributed by atoms with Crippen molar-refractivity contribution in [2.24, 2.45) is 0 Å². The highest BCUT2D eigenvalue weighted by molar-refractivity contribution is 5.88. The lowest BCUT2D eigenvalue weighted by molar-refractivity contribution is 0.0696. The van der Waals surface area contributed by atoms with Gasteiger partial charge in [0, 0.05) is 12.6 Å². The number of halogens is 2. The molecular weight excluding hydrogens is 266 g/mol. The van der Waals surface area contributed by atoms with E-state index >= 15 is 0 Å². The van der Waals surface area contributed by atoms with Crippen molar-refractivity contribution in [1.29, 1.82) is 0 Å². The Morgan fingerprint density at radius 1 is 1.45 bits per heavy atom. The first-order valence-electron chi connectivity index (χ1n) is 6.73. The van der Waals surface area contributed by atoms with Crippen LogP contribution in [-0.4, -0.2) is 41.7 Å². The van der Waals surface area contributed by atoms with Gasteiger partial charge < -0.3 is 10.4 Å². The Kier molecular flexibility index (Phi) is 4.54. The standard InChI is InChI=1S/C14H18F2N2O2/c1-2-18-5-3-4-10(18)8-17-13-11(15)6-9(14(19)20)7-12(13)16/h6-7,10,17H,2-5,8H2,1H3,(H,19,20). The Labute approximate surface area is 116 Å². The van der Waals surface area contributed by atoms with Crippen molar-refractivity contribution in [3.05, 3.63) is 29.3 Å². The van der Waals surface area contributed by atoms with Crippen LogP contribution in [0.25, 0.3) is 0 Å². The highest BCUT2D eigenvalue weighted by Gasteiger charge is 2.23. The summed E-state index contributed by atoms with van der Waals surface area (Å²) in [6, 6.07) is 1.93. The molecule has 20 heavy (non-hydrogen) atoms. The van der Waals surface area contributed by atoms with Crippen molar-refractivity contribution < 1.29 is 18.7 Å². The minimum Gasteiger partial charge on any atom is -0.478 e. The maximum absolute atomic E-state index is 13.7. The van der Waals surface area contributed by atoms with Crippen LogP contribution in [0.2, 0.25) is 0 Å². The molecule has 1 heterocycles. The minimum absolute atomic E-state index is 0.252. The number of hydrogen-bond acceptors (Lipinski definition) is 3. The molecule has 1 aliphatic heterocycles. The number of likely N-dealkylation sites (tertiary alicyclic amines) is 1. The molecule has 0 radical (unpaired) electrons. The van der Waals surface area contributed by atoms with Gasteiger partial charge in [0.1, 0.15) is 17.3 Å². The lowest BCUT2D eigenvalue weighted by Crippen LogP contribution is -2.34. The summed E-state index contributed by atoms with van der Waals surface area (Å²) in [5.41, 5.74) is -0.639. The second-order valence-corrected chi connectivity index (χ2v) is 4.93. The van der Waals surface area contributed by atoms with Crippen LogP contribution in [0, 0.1) is 11.6 Å². The first-order valence-corrected chi connectivity index (χ1v) is 6.73. The van der Waals surface area contributed by atoms with Crippen LogP contribution in [-0.2, 0) is 0 Å². The number of carboxylic acids is 1. The van der Waals surface area contributed by atoms with Crippen molar-refractivity contribution in [1.82, 2.24) is 4.90 Å². The Hall–Kier alpha value is -1.69. The predicted octanol–water partition coefficient (Wildman–Crippen LogP) is 2.56. The second kappa shape index (κ2) is 6.17. The number of anilines is 1. The monoisotopic (exact) mass is 284 g/mol. The van der Waals surface area contributed by atoms with E-state index in [-0.39, 0.29) is 17.3 Å². The third-order valence-corrected chi connectivity index (χ3v) is 3.71. The fourth-order valence-electron chi connectivity index (χ4n) is 2.63. The fourth-order valence-corrected chi connectivity index (χ4v) is 2.63. The molecule has 4 nitrogen and oxygen atoms in total. The number of aromatic carboxylic acids is 1. The summed E-state index contributed by atoms with van der Waals surface area (Å²) in [6.07, 6.45) is 2.08. The molecule has 2 N–H and O–H groups in total. The first kappa shape index (κ1) is 14.7. The Morgan fingerprint density at radius 3 is 2.65 bits per heavy atom. The van der Waals surface area contributed by atoms with Crippen LogP contribution in [0.1, 0.15) is 30.1 Å². The van der Waals surface area contributed by atoms with E-state index < -0.39 is 17.6 Å². The van der Waals surface area contributed by atoms with Gasteiger partial charge in [-0.05, 0) is 38.1 Å². The number of rotatable bonds is 5. The zero-order valence-electron chi connectivity index (χ0n) is 11.3. The van der Waals surface area contributed by atoms with Crippen molar-refractivity contribution in [2.75, 3.05) is 25.0 Å². The lowest BCUT2D eigenvalue weighted by atomic mass is 10.1. The van der Waals surface area contributed by atoms with E-state index in [0.717, 1.165) is 38.1 Å². The highest BCUT2D eigenvalue weighted by Crippen LogP contribution is 2.23. The van der Waals surface area contributed by atoms with Gasteiger partial charge in [-0.25, -0.2) is 13.6 Å². The van der Waals surface area contributed by atoms with E-state index in [0.29, 0.717) is 6.54 Å². The van der Waals surface area contributed by atoms with Gasteiger partial charge in [-0.3, -0.25) is 4.90 Å². The zero-order valence-corrected chi connectivity index (χ0v) is 11.3. The quantitative estimate of drug-likeness (QED) is 0.872. The van der Waals surface area contributed by atoms with Crippen LogP contribution in [0.5, 0.6) is 0 Å². The molecule has 1 atom stereocenters. The average molecular weight is 284 g/mol. The number of hydrogen-bond donors (Lipinski definition) is 2. The second-order valence-electron chi connectivity index (χ2n) is 4.93. The Morgan fingerprint density at radius 2 is 2.10 bits per heavy atom. The van der Waals surface area contributed by atoms with E-state index in [9.17, 15) is 13.6 Å². The molecule has 1 aromatic rings. The summed E-state index contributed by atoms with van der Waals surface area (Å²) in [4.78, 5) is 13.0. The first-order chi connectivity index (χ1) is 9.52. The van der Waals surface area contributed by atoms with Gasteiger partial charge in [-0.2, -0.15) is 0 Å². The fraction of sp³-hybridized carbons (Fsp3) is 0.500. The van der Waals surface area contributed by atoms with E-state index in [2.05, 4.69) is 17.1 Å². The minimum atomic E-state index is -1.35. The average Bonchev–Trinajstić information content (AvgIpc) is 2.84. The van der Waals surface area contributed by atoms with Crippen LogP contribution < -0.4 is 5.32 Å². The van der Waals surface area contributed by atoms with Crippen molar-refractivity contribution in [3.8, 4) is 0 Å². The topological polar surface area (TPSA) is 52.6 Å². The van der Waals surface area contributed by atoms with Crippen LogP contribution in [0.15, 0.2) is 12.1 Å². The van der Waals surface area contributed by atoms with E-state index in [1.54, 1.807) is 0 Å². The van der Waals surface area contributed by atoms with Gasteiger partial charge in [-0.15, -0.1) is 0 Å². The molecule has 0 aliphatic carbocycles. The molecule has 0 bridgehead atoms. The van der Waals surface area contributed by atoms with E-state index in [1.807, 2.05) is 0 Å². The number of nitrogens with zero attached hydrogens (tertiary/aromatic N) is 1. The number of carbonyl (C=O) groups is 1. The molecule has 1 unspecified atom stereocenters. The molecule has 1 fully saturated rings. The summed E-state index contributed by atoms with van der Waals surface area (Å²) in [6.45, 7) is 4.43. The van der Waals surface area contributed by atoms with Gasteiger partial charge in [0.25, 0.3) is 0 Å². The van der Waals surface area contributed by atoms with Gasteiger partial charge >= 0.3 is 5.97 Å². The van der Waals surface area contributed by atoms with E-state index in [4.69, 9.17) is 5.11 Å². The summed E-state index contributed by atoms with van der Waals surface area (Å²) in [5.74, 6) is -3.09. The molecule has 0 aromatic heterocycles. The molecular formula is C14H18F2N2O2. The number of carboxylic acid groups (broad SMARTS) is 1. The number of nitrogens with one attached hydrogen (secondary N) is 1. The third kappa shape index (κ3) is 3.07. The summed E-state index contributed by atoms with van der Waals surface area (Å²) < 4.78 is 27.5. The molecule has 1 aliphatic rings. The third-order valence-electron chi connectivity index (χ3n) is 3.71. The summed E-state index contributed by atoms with van der Waals surface area (Å²) in [5, 5.41) is 11.5.